The summed E-state index contributed by atoms with van der Waals surface area (Å²) in [6.07, 6.45) is 6.90. The molecule has 1 saturated carbocycles. The van der Waals surface area contributed by atoms with E-state index in [-0.39, 0.29) is 11.6 Å². The second-order valence-corrected chi connectivity index (χ2v) is 8.66. The summed E-state index contributed by atoms with van der Waals surface area (Å²) in [5.41, 5.74) is 2.22. The molecule has 2 aromatic rings. The molecular weight excluding hydrogens is 388 g/mol. The Morgan fingerprint density at radius 3 is 2.43 bits per heavy atom. The molecule has 2 aromatic carbocycles. The normalized spacial score (nSPS) is 15.4. The summed E-state index contributed by atoms with van der Waals surface area (Å²) in [6, 6.07) is 16.0. The van der Waals surface area contributed by atoms with Gasteiger partial charge in [-0.1, -0.05) is 42.6 Å². The van der Waals surface area contributed by atoms with Crippen LogP contribution in [0.4, 0.5) is 5.69 Å². The van der Waals surface area contributed by atoms with Crippen LogP contribution in [-0.4, -0.2) is 16.8 Å². The average molecular weight is 417 g/mol. The molecule has 0 unspecified atom stereocenters. The first-order chi connectivity index (χ1) is 13.5. The maximum absolute atomic E-state index is 6.34. The maximum atomic E-state index is 6.34. The van der Waals surface area contributed by atoms with Gasteiger partial charge in [0.2, 0.25) is 0 Å². The van der Waals surface area contributed by atoms with E-state index in [1.54, 1.807) is 0 Å². The van der Waals surface area contributed by atoms with E-state index in [9.17, 15) is 0 Å². The summed E-state index contributed by atoms with van der Waals surface area (Å²) in [5, 5.41) is 8.47. The smallest absolute Gasteiger partial charge is 0.171 e. The van der Waals surface area contributed by atoms with Gasteiger partial charge in [0.15, 0.2) is 5.11 Å². The second-order valence-electron chi connectivity index (χ2n) is 7.85. The van der Waals surface area contributed by atoms with E-state index in [4.69, 9.17) is 28.6 Å². The summed E-state index contributed by atoms with van der Waals surface area (Å²) < 4.78 is 5.69. The van der Waals surface area contributed by atoms with Gasteiger partial charge in [0, 0.05) is 16.2 Å². The highest BCUT2D eigenvalue weighted by molar-refractivity contribution is 7.80. The van der Waals surface area contributed by atoms with E-state index < -0.39 is 0 Å². The average Bonchev–Trinajstić information content (AvgIpc) is 3.11. The highest BCUT2D eigenvalue weighted by atomic mass is 35.5. The number of anilines is 1. The van der Waals surface area contributed by atoms with Crippen molar-refractivity contribution in [1.29, 1.82) is 0 Å². The molecule has 2 N–H and O–H groups in total. The van der Waals surface area contributed by atoms with Crippen molar-refractivity contribution in [2.75, 3.05) is 5.32 Å². The Kier molecular flexibility index (Phi) is 7.19. The molecule has 3 rings (SSSR count). The first kappa shape index (κ1) is 20.9. The lowest BCUT2D eigenvalue weighted by Crippen LogP contribution is -2.48. The molecule has 5 heteroatoms. The zero-order valence-electron chi connectivity index (χ0n) is 16.6. The molecule has 1 aliphatic carbocycles. The lowest BCUT2D eigenvalue weighted by molar-refractivity contribution is 0.242. The minimum absolute atomic E-state index is 0.0456. The molecule has 28 heavy (non-hydrogen) atoms. The predicted molar refractivity (Wildman–Crippen MR) is 123 cm³/mol. The minimum atomic E-state index is 0.0456. The van der Waals surface area contributed by atoms with Crippen LogP contribution in [0.15, 0.2) is 48.5 Å². The standard InChI is InChI=1S/C23H29ClN2OS/c1-17(2)27-20-11-9-19(10-12-20)25-22(28)26-23(14-5-6-15-23)16-13-18-7-3-4-8-21(18)24/h3-4,7-12,17H,5-6,13-16H2,1-2H3,(H2,25,26,28). The van der Waals surface area contributed by atoms with Crippen molar-refractivity contribution < 1.29 is 4.74 Å². The van der Waals surface area contributed by atoms with Crippen LogP contribution in [-0.2, 0) is 6.42 Å². The molecule has 0 aliphatic heterocycles. The van der Waals surface area contributed by atoms with Crippen molar-refractivity contribution in [2.24, 2.45) is 0 Å². The van der Waals surface area contributed by atoms with Crippen LogP contribution < -0.4 is 15.4 Å². The fourth-order valence-electron chi connectivity index (χ4n) is 3.86. The lowest BCUT2D eigenvalue weighted by Gasteiger charge is -2.32. The fraction of sp³-hybridized carbons (Fsp3) is 0.435. The Hall–Kier alpha value is -1.78. The van der Waals surface area contributed by atoms with Gasteiger partial charge in [-0.25, -0.2) is 0 Å². The molecule has 150 valence electrons. The Morgan fingerprint density at radius 2 is 1.79 bits per heavy atom. The quantitative estimate of drug-likeness (QED) is 0.514. The first-order valence-corrected chi connectivity index (χ1v) is 10.8. The monoisotopic (exact) mass is 416 g/mol. The van der Waals surface area contributed by atoms with E-state index in [1.807, 2.05) is 50.2 Å². The molecule has 0 saturated heterocycles. The number of hydrogen-bond donors (Lipinski definition) is 2. The molecule has 0 radical (unpaired) electrons. The largest absolute Gasteiger partial charge is 0.491 e. The topological polar surface area (TPSA) is 33.3 Å². The lowest BCUT2D eigenvalue weighted by atomic mass is 9.89. The zero-order valence-corrected chi connectivity index (χ0v) is 18.2. The Bertz CT molecular complexity index is 785. The summed E-state index contributed by atoms with van der Waals surface area (Å²) in [6.45, 7) is 4.05. The van der Waals surface area contributed by atoms with Gasteiger partial charge in [0.25, 0.3) is 0 Å². The van der Waals surface area contributed by atoms with Gasteiger partial charge in [-0.05, 0) is 87.6 Å². The number of halogens is 1. The Morgan fingerprint density at radius 1 is 1.11 bits per heavy atom. The van der Waals surface area contributed by atoms with Gasteiger partial charge in [-0.15, -0.1) is 0 Å². The van der Waals surface area contributed by atoms with Crippen LogP contribution in [0.5, 0.6) is 5.75 Å². The molecule has 1 fully saturated rings. The summed E-state index contributed by atoms with van der Waals surface area (Å²) in [7, 11) is 0. The predicted octanol–water partition coefficient (Wildman–Crippen LogP) is 6.36. The summed E-state index contributed by atoms with van der Waals surface area (Å²) in [4.78, 5) is 0. The molecular formula is C23H29ClN2OS. The van der Waals surface area contributed by atoms with Gasteiger partial charge >= 0.3 is 0 Å². The molecule has 0 atom stereocenters. The van der Waals surface area contributed by atoms with E-state index in [0.717, 1.165) is 42.1 Å². The first-order valence-electron chi connectivity index (χ1n) is 10.1. The van der Waals surface area contributed by atoms with Crippen LogP contribution in [0, 0.1) is 0 Å². The van der Waals surface area contributed by atoms with Crippen LogP contribution >= 0.6 is 23.8 Å². The number of hydrogen-bond acceptors (Lipinski definition) is 2. The van der Waals surface area contributed by atoms with Crippen molar-refractivity contribution in [1.82, 2.24) is 5.32 Å². The Balaban J connectivity index is 1.59. The highest BCUT2D eigenvalue weighted by Gasteiger charge is 2.34. The third-order valence-corrected chi connectivity index (χ3v) is 5.83. The third-order valence-electron chi connectivity index (χ3n) is 5.25. The van der Waals surface area contributed by atoms with E-state index in [1.165, 1.54) is 18.4 Å². The van der Waals surface area contributed by atoms with Gasteiger partial charge in [-0.3, -0.25) is 0 Å². The van der Waals surface area contributed by atoms with Crippen molar-refractivity contribution >= 4 is 34.6 Å². The highest BCUT2D eigenvalue weighted by Crippen LogP contribution is 2.34. The number of ether oxygens (including phenoxy) is 1. The van der Waals surface area contributed by atoms with Crippen molar-refractivity contribution in [3.8, 4) is 5.75 Å². The molecule has 0 amide bonds. The zero-order chi connectivity index (χ0) is 20.0. The van der Waals surface area contributed by atoms with Crippen LogP contribution in [0.3, 0.4) is 0 Å². The second kappa shape index (κ2) is 9.62. The van der Waals surface area contributed by atoms with E-state index in [2.05, 4.69) is 22.8 Å². The van der Waals surface area contributed by atoms with Crippen molar-refractivity contribution in [3.63, 3.8) is 0 Å². The summed E-state index contributed by atoms with van der Waals surface area (Å²) in [5.74, 6) is 0.867. The molecule has 0 spiro atoms. The maximum Gasteiger partial charge on any atom is 0.171 e. The molecule has 0 heterocycles. The molecule has 0 bridgehead atoms. The van der Waals surface area contributed by atoms with Crippen LogP contribution in [0.25, 0.3) is 0 Å². The number of rotatable bonds is 7. The van der Waals surface area contributed by atoms with Crippen LogP contribution in [0.2, 0.25) is 5.02 Å². The third kappa shape index (κ3) is 5.86. The van der Waals surface area contributed by atoms with Gasteiger partial charge in [0.1, 0.15) is 5.75 Å². The van der Waals surface area contributed by atoms with Crippen LogP contribution in [0.1, 0.15) is 51.5 Å². The Labute approximate surface area is 178 Å². The van der Waals surface area contributed by atoms with Crippen molar-refractivity contribution in [3.05, 3.63) is 59.1 Å². The fourth-order valence-corrected chi connectivity index (χ4v) is 4.42. The van der Waals surface area contributed by atoms with Gasteiger partial charge < -0.3 is 15.4 Å². The van der Waals surface area contributed by atoms with Gasteiger partial charge in [0.05, 0.1) is 6.10 Å². The molecule has 1 aliphatic rings. The SMILES string of the molecule is CC(C)Oc1ccc(NC(=S)NC2(CCc3ccccc3Cl)CCCC2)cc1. The number of aryl methyl sites for hydroxylation is 1. The molecule has 0 aromatic heterocycles. The number of nitrogens with one attached hydrogen (secondary N) is 2. The van der Waals surface area contributed by atoms with E-state index >= 15 is 0 Å². The van der Waals surface area contributed by atoms with E-state index in [0.29, 0.717) is 5.11 Å². The summed E-state index contributed by atoms with van der Waals surface area (Å²) >= 11 is 12.0. The van der Waals surface area contributed by atoms with Crippen molar-refractivity contribution in [2.45, 2.75) is 64.0 Å². The molecule has 3 nitrogen and oxygen atoms in total. The number of thiocarbonyl (C=S) groups is 1. The minimum Gasteiger partial charge on any atom is -0.491 e. The number of benzene rings is 2. The van der Waals surface area contributed by atoms with Gasteiger partial charge in [-0.2, -0.15) is 0 Å².